The molecule has 0 radical (unpaired) electrons. The zero-order valence-corrected chi connectivity index (χ0v) is 12.8. The van der Waals surface area contributed by atoms with Crippen LogP contribution in [0.4, 0.5) is 4.79 Å². The zero-order valence-electron chi connectivity index (χ0n) is 12.8. The van der Waals surface area contributed by atoms with Crippen LogP contribution >= 0.6 is 0 Å². The van der Waals surface area contributed by atoms with Crippen molar-refractivity contribution in [2.45, 2.75) is 39.0 Å². The molecule has 2 aliphatic heterocycles. The van der Waals surface area contributed by atoms with E-state index >= 15 is 0 Å². The molecule has 0 spiro atoms. The van der Waals surface area contributed by atoms with Crippen LogP contribution in [-0.2, 0) is 4.74 Å². The van der Waals surface area contributed by atoms with E-state index in [-0.39, 0.29) is 12.1 Å². The maximum Gasteiger partial charge on any atom is 0.321 e. The maximum absolute atomic E-state index is 12.4. The van der Waals surface area contributed by atoms with Crippen molar-refractivity contribution in [2.24, 2.45) is 0 Å². The van der Waals surface area contributed by atoms with E-state index in [1.54, 1.807) is 4.90 Å². The average molecular weight is 290 g/mol. The van der Waals surface area contributed by atoms with Crippen LogP contribution in [0, 0.1) is 6.92 Å². The fourth-order valence-corrected chi connectivity index (χ4v) is 3.17. The summed E-state index contributed by atoms with van der Waals surface area (Å²) in [5.74, 6) is 0.862. The van der Waals surface area contributed by atoms with E-state index < -0.39 is 5.72 Å². The lowest BCUT2D eigenvalue weighted by molar-refractivity contribution is -0.0905. The first kappa shape index (κ1) is 14.2. The molecule has 2 aliphatic rings. The highest BCUT2D eigenvalue weighted by atomic mass is 16.5. The van der Waals surface area contributed by atoms with Crippen LogP contribution in [0.15, 0.2) is 18.2 Å². The molecule has 2 heterocycles. The number of nitrogens with zero attached hydrogens (tertiary/aromatic N) is 1. The average Bonchev–Trinajstić information content (AvgIpc) is 2.43. The van der Waals surface area contributed by atoms with E-state index in [1.807, 2.05) is 32.9 Å². The van der Waals surface area contributed by atoms with E-state index in [0.29, 0.717) is 19.8 Å². The largest absolute Gasteiger partial charge is 0.468 e. The Balaban J connectivity index is 1.88. The summed E-state index contributed by atoms with van der Waals surface area (Å²) in [7, 11) is 0. The van der Waals surface area contributed by atoms with Gasteiger partial charge in [-0.15, -0.1) is 0 Å². The Morgan fingerprint density at radius 1 is 1.52 bits per heavy atom. The third-order valence-electron chi connectivity index (χ3n) is 4.23. The highest BCUT2D eigenvalue weighted by Gasteiger charge is 2.48. The summed E-state index contributed by atoms with van der Waals surface area (Å²) in [6, 6.07) is 6.06. The number of carbonyl (C=O) groups is 1. The van der Waals surface area contributed by atoms with E-state index in [1.165, 1.54) is 5.56 Å². The lowest BCUT2D eigenvalue weighted by Crippen LogP contribution is -2.65. The summed E-state index contributed by atoms with van der Waals surface area (Å²) in [4.78, 5) is 14.1. The van der Waals surface area contributed by atoms with Gasteiger partial charge in [0, 0.05) is 25.1 Å². The molecule has 5 nitrogen and oxygen atoms in total. The number of nitrogens with one attached hydrogen (secondary N) is 1. The van der Waals surface area contributed by atoms with Crippen LogP contribution in [0.25, 0.3) is 0 Å². The van der Waals surface area contributed by atoms with Gasteiger partial charge in [-0.1, -0.05) is 17.7 Å². The minimum Gasteiger partial charge on any atom is -0.468 e. The SMILES string of the molecule is CCOCCN1C(=O)NC2CC1(C)Oc1ccc(C)cc12. The molecule has 0 aromatic heterocycles. The number of carbonyl (C=O) groups excluding carboxylic acids is 1. The standard InChI is InChI=1S/C16H22N2O3/c1-4-20-8-7-18-15(19)17-13-10-16(18,3)21-14-6-5-11(2)9-12(13)14/h5-6,9,13H,4,7-8,10H2,1-3H3,(H,17,19). The molecule has 5 heteroatoms. The summed E-state index contributed by atoms with van der Waals surface area (Å²) in [5.41, 5.74) is 1.64. The lowest BCUT2D eigenvalue weighted by Gasteiger charge is -2.50. The predicted molar refractivity (Wildman–Crippen MR) is 79.3 cm³/mol. The van der Waals surface area contributed by atoms with E-state index in [2.05, 4.69) is 11.4 Å². The number of amides is 2. The number of rotatable bonds is 4. The Bertz CT molecular complexity index is 560. The summed E-state index contributed by atoms with van der Waals surface area (Å²) in [5, 5.41) is 3.08. The molecule has 1 fully saturated rings. The van der Waals surface area contributed by atoms with Crippen LogP contribution in [-0.4, -0.2) is 36.4 Å². The highest BCUT2D eigenvalue weighted by molar-refractivity contribution is 5.77. The topological polar surface area (TPSA) is 50.8 Å². The van der Waals surface area contributed by atoms with Crippen molar-refractivity contribution in [1.29, 1.82) is 0 Å². The molecule has 3 rings (SSSR count). The Hall–Kier alpha value is -1.75. The monoisotopic (exact) mass is 290 g/mol. The predicted octanol–water partition coefficient (Wildman–Crippen LogP) is 2.60. The van der Waals surface area contributed by atoms with Gasteiger partial charge in [0.2, 0.25) is 0 Å². The van der Waals surface area contributed by atoms with Crippen LogP contribution in [0.3, 0.4) is 0 Å². The molecule has 1 N–H and O–H groups in total. The van der Waals surface area contributed by atoms with Crippen molar-refractivity contribution in [3.63, 3.8) is 0 Å². The van der Waals surface area contributed by atoms with Crippen molar-refractivity contribution >= 4 is 6.03 Å². The first-order valence-corrected chi connectivity index (χ1v) is 7.49. The van der Waals surface area contributed by atoms with Gasteiger partial charge in [-0.05, 0) is 26.8 Å². The Kier molecular flexibility index (Phi) is 3.53. The molecule has 1 saturated heterocycles. The molecule has 0 saturated carbocycles. The van der Waals surface area contributed by atoms with Gasteiger partial charge in [0.15, 0.2) is 5.72 Å². The van der Waals surface area contributed by atoms with Gasteiger partial charge in [0.25, 0.3) is 0 Å². The molecule has 114 valence electrons. The number of hydrogen-bond donors (Lipinski definition) is 1. The Morgan fingerprint density at radius 2 is 2.33 bits per heavy atom. The fraction of sp³-hybridized carbons (Fsp3) is 0.562. The zero-order chi connectivity index (χ0) is 15.0. The molecule has 1 aromatic carbocycles. The molecule has 2 atom stereocenters. The molecular formula is C16H22N2O3. The van der Waals surface area contributed by atoms with Gasteiger partial charge in [0.05, 0.1) is 12.6 Å². The van der Waals surface area contributed by atoms with Crippen LogP contribution in [0.5, 0.6) is 5.75 Å². The van der Waals surface area contributed by atoms with E-state index in [0.717, 1.165) is 17.7 Å². The van der Waals surface area contributed by atoms with Gasteiger partial charge >= 0.3 is 6.03 Å². The Morgan fingerprint density at radius 3 is 3.10 bits per heavy atom. The third kappa shape index (κ3) is 2.46. The summed E-state index contributed by atoms with van der Waals surface area (Å²) < 4.78 is 11.5. The van der Waals surface area contributed by atoms with Gasteiger partial charge < -0.3 is 14.8 Å². The van der Waals surface area contributed by atoms with Crippen molar-refractivity contribution < 1.29 is 14.3 Å². The second kappa shape index (κ2) is 5.22. The minimum absolute atomic E-state index is 0.0227. The minimum atomic E-state index is -0.605. The molecule has 2 amide bonds. The van der Waals surface area contributed by atoms with Gasteiger partial charge in [0.1, 0.15) is 5.75 Å². The molecule has 0 aliphatic carbocycles. The van der Waals surface area contributed by atoms with Gasteiger partial charge in [-0.3, -0.25) is 4.90 Å². The summed E-state index contributed by atoms with van der Waals surface area (Å²) in [6.45, 7) is 7.68. The van der Waals surface area contributed by atoms with Crippen LogP contribution in [0.2, 0.25) is 0 Å². The first-order valence-electron chi connectivity index (χ1n) is 7.49. The quantitative estimate of drug-likeness (QED) is 0.867. The lowest BCUT2D eigenvalue weighted by atomic mass is 9.89. The molecule has 21 heavy (non-hydrogen) atoms. The molecule has 1 aromatic rings. The smallest absolute Gasteiger partial charge is 0.321 e. The first-order chi connectivity index (χ1) is 10.0. The number of benzene rings is 1. The van der Waals surface area contributed by atoms with Crippen LogP contribution in [0.1, 0.15) is 37.4 Å². The third-order valence-corrected chi connectivity index (χ3v) is 4.23. The normalized spacial score (nSPS) is 26.9. The highest BCUT2D eigenvalue weighted by Crippen LogP contribution is 2.44. The van der Waals surface area contributed by atoms with E-state index in [9.17, 15) is 4.79 Å². The summed E-state index contributed by atoms with van der Waals surface area (Å²) >= 11 is 0. The second-order valence-corrected chi connectivity index (χ2v) is 5.87. The molecule has 2 bridgehead atoms. The van der Waals surface area contributed by atoms with Crippen molar-refractivity contribution in [3.05, 3.63) is 29.3 Å². The van der Waals surface area contributed by atoms with Gasteiger partial charge in [-0.2, -0.15) is 0 Å². The molecular weight excluding hydrogens is 268 g/mol. The second-order valence-electron chi connectivity index (χ2n) is 5.87. The number of ether oxygens (including phenoxy) is 2. The van der Waals surface area contributed by atoms with Crippen molar-refractivity contribution in [2.75, 3.05) is 19.8 Å². The maximum atomic E-state index is 12.4. The Labute approximate surface area is 125 Å². The van der Waals surface area contributed by atoms with Crippen molar-refractivity contribution in [1.82, 2.24) is 10.2 Å². The van der Waals surface area contributed by atoms with Crippen LogP contribution < -0.4 is 10.1 Å². The fourth-order valence-electron chi connectivity index (χ4n) is 3.17. The number of aryl methyl sites for hydroxylation is 1. The number of hydrogen-bond acceptors (Lipinski definition) is 3. The van der Waals surface area contributed by atoms with Crippen molar-refractivity contribution in [3.8, 4) is 5.75 Å². The van der Waals surface area contributed by atoms with E-state index in [4.69, 9.17) is 9.47 Å². The van der Waals surface area contributed by atoms with Gasteiger partial charge in [-0.25, -0.2) is 4.79 Å². The number of urea groups is 1. The number of fused-ring (bicyclic) bond motifs is 4. The summed E-state index contributed by atoms with van der Waals surface area (Å²) in [6.07, 6.45) is 0.751. The molecule has 2 unspecified atom stereocenters.